The molecule has 0 amide bonds. The fourth-order valence-electron chi connectivity index (χ4n) is 1.43. The van der Waals surface area contributed by atoms with Crippen LogP contribution in [0.4, 0.5) is 5.82 Å². The van der Waals surface area contributed by atoms with Crippen LogP contribution in [0, 0.1) is 6.92 Å². The van der Waals surface area contributed by atoms with Crippen LogP contribution in [0.5, 0.6) is 5.88 Å². The number of nitrogens with two attached hydrogens (primary N) is 1. The molecule has 6 heteroatoms. The van der Waals surface area contributed by atoms with Crippen LogP contribution < -0.4 is 10.5 Å². The van der Waals surface area contributed by atoms with Gasteiger partial charge >= 0.3 is 0 Å². The second kappa shape index (κ2) is 8.66. The molecule has 0 aliphatic rings. The zero-order chi connectivity index (χ0) is 14.1. The molecule has 1 aromatic heterocycles. The van der Waals surface area contributed by atoms with E-state index in [1.165, 1.54) is 0 Å². The van der Waals surface area contributed by atoms with Gasteiger partial charge < -0.3 is 19.9 Å². The van der Waals surface area contributed by atoms with Crippen molar-refractivity contribution in [3.05, 3.63) is 11.4 Å². The molecule has 0 spiro atoms. The maximum Gasteiger partial charge on any atom is 0.221 e. The summed E-state index contributed by atoms with van der Waals surface area (Å²) in [4.78, 5) is 8.50. The van der Waals surface area contributed by atoms with Crippen molar-refractivity contribution in [2.75, 3.05) is 39.3 Å². The second-order valence-corrected chi connectivity index (χ2v) is 4.12. The molecule has 6 nitrogen and oxygen atoms in total. The summed E-state index contributed by atoms with van der Waals surface area (Å²) in [6, 6.07) is 0. The molecular formula is C13H23N3O3. The van der Waals surface area contributed by atoms with Crippen molar-refractivity contribution in [2.45, 2.75) is 26.7 Å². The van der Waals surface area contributed by atoms with Crippen LogP contribution in [0.25, 0.3) is 0 Å². The van der Waals surface area contributed by atoms with Gasteiger partial charge in [0.2, 0.25) is 5.88 Å². The normalized spacial score (nSPS) is 10.7. The van der Waals surface area contributed by atoms with Gasteiger partial charge in [-0.2, -0.15) is 4.98 Å². The summed E-state index contributed by atoms with van der Waals surface area (Å²) in [6.45, 7) is 6.26. The SMILES string of the molecule is CCc1nc(N)c(C)c(OCCCOCCOC)n1. The third-order valence-corrected chi connectivity index (χ3v) is 2.60. The molecule has 108 valence electrons. The molecule has 2 N–H and O–H groups in total. The quantitative estimate of drug-likeness (QED) is 0.682. The molecule has 0 saturated carbocycles. The van der Waals surface area contributed by atoms with Crippen molar-refractivity contribution in [1.82, 2.24) is 9.97 Å². The smallest absolute Gasteiger partial charge is 0.221 e. The van der Waals surface area contributed by atoms with Crippen LogP contribution in [0.3, 0.4) is 0 Å². The summed E-state index contributed by atoms with van der Waals surface area (Å²) in [5.74, 6) is 1.76. The Labute approximate surface area is 114 Å². The van der Waals surface area contributed by atoms with Crippen molar-refractivity contribution < 1.29 is 14.2 Å². The molecular weight excluding hydrogens is 246 g/mol. The first-order chi connectivity index (χ1) is 9.19. The van der Waals surface area contributed by atoms with E-state index < -0.39 is 0 Å². The molecule has 1 heterocycles. The molecule has 1 aromatic rings. The van der Waals surface area contributed by atoms with Gasteiger partial charge in [-0.15, -0.1) is 0 Å². The molecule has 0 saturated heterocycles. The lowest BCUT2D eigenvalue weighted by atomic mass is 10.3. The Morgan fingerprint density at radius 2 is 1.89 bits per heavy atom. The van der Waals surface area contributed by atoms with Crippen LogP contribution in [0.2, 0.25) is 0 Å². The van der Waals surface area contributed by atoms with E-state index in [2.05, 4.69) is 9.97 Å². The summed E-state index contributed by atoms with van der Waals surface area (Å²) in [5, 5.41) is 0. The Morgan fingerprint density at radius 3 is 2.58 bits per heavy atom. The van der Waals surface area contributed by atoms with Crippen molar-refractivity contribution in [3.63, 3.8) is 0 Å². The largest absolute Gasteiger partial charge is 0.477 e. The molecule has 0 unspecified atom stereocenters. The summed E-state index contributed by atoms with van der Waals surface area (Å²) in [5.41, 5.74) is 6.60. The molecule has 1 rings (SSSR count). The lowest BCUT2D eigenvalue weighted by Gasteiger charge is -2.11. The fourth-order valence-corrected chi connectivity index (χ4v) is 1.43. The van der Waals surface area contributed by atoms with Crippen LogP contribution in [0.1, 0.15) is 24.7 Å². The highest BCUT2D eigenvalue weighted by Gasteiger charge is 2.08. The third-order valence-electron chi connectivity index (χ3n) is 2.60. The van der Waals surface area contributed by atoms with E-state index in [1.54, 1.807) is 7.11 Å². The maximum atomic E-state index is 5.81. The zero-order valence-electron chi connectivity index (χ0n) is 11.9. The molecule has 0 fully saturated rings. The maximum absolute atomic E-state index is 5.81. The standard InChI is InChI=1S/C13H23N3O3/c1-4-11-15-12(14)10(2)13(16-11)19-7-5-6-18-9-8-17-3/h4-9H2,1-3H3,(H2,14,15,16). The van der Waals surface area contributed by atoms with E-state index >= 15 is 0 Å². The van der Waals surface area contributed by atoms with E-state index in [9.17, 15) is 0 Å². The van der Waals surface area contributed by atoms with Crippen LogP contribution >= 0.6 is 0 Å². The van der Waals surface area contributed by atoms with Crippen molar-refractivity contribution in [3.8, 4) is 5.88 Å². The summed E-state index contributed by atoms with van der Waals surface area (Å²) in [6.07, 6.45) is 1.54. The van der Waals surface area contributed by atoms with Crippen molar-refractivity contribution >= 4 is 5.82 Å². The molecule has 0 aliphatic heterocycles. The van der Waals surface area contributed by atoms with Gasteiger partial charge in [0.1, 0.15) is 11.6 Å². The number of aryl methyl sites for hydroxylation is 1. The number of methoxy groups -OCH3 is 1. The first kappa shape index (κ1) is 15.7. The Balaban J connectivity index is 2.34. The number of nitrogens with zero attached hydrogens (tertiary/aromatic N) is 2. The number of anilines is 1. The summed E-state index contributed by atoms with van der Waals surface area (Å²) >= 11 is 0. The van der Waals surface area contributed by atoms with Crippen LogP contribution in [-0.2, 0) is 15.9 Å². The summed E-state index contributed by atoms with van der Waals surface area (Å²) in [7, 11) is 1.65. The first-order valence-corrected chi connectivity index (χ1v) is 6.51. The number of nitrogen functional groups attached to an aromatic ring is 1. The highest BCUT2D eigenvalue weighted by molar-refractivity contribution is 5.44. The predicted molar refractivity (Wildman–Crippen MR) is 73.4 cm³/mol. The molecule has 0 bridgehead atoms. The van der Waals surface area contributed by atoms with E-state index in [-0.39, 0.29) is 0 Å². The number of ether oxygens (including phenoxy) is 3. The summed E-state index contributed by atoms with van der Waals surface area (Å²) < 4.78 is 15.9. The fraction of sp³-hybridized carbons (Fsp3) is 0.692. The Morgan fingerprint density at radius 1 is 1.11 bits per heavy atom. The number of rotatable bonds is 9. The van der Waals surface area contributed by atoms with Gasteiger partial charge in [-0.05, 0) is 6.92 Å². The van der Waals surface area contributed by atoms with Gasteiger partial charge in [-0.3, -0.25) is 0 Å². The highest BCUT2D eigenvalue weighted by Crippen LogP contribution is 2.19. The Hall–Kier alpha value is -1.40. The predicted octanol–water partition coefficient (Wildman–Crippen LogP) is 1.36. The van der Waals surface area contributed by atoms with Gasteiger partial charge in [0.25, 0.3) is 0 Å². The monoisotopic (exact) mass is 269 g/mol. The minimum atomic E-state index is 0.484. The number of aromatic nitrogens is 2. The van der Waals surface area contributed by atoms with Gasteiger partial charge in [-0.1, -0.05) is 6.92 Å². The van der Waals surface area contributed by atoms with E-state index in [0.29, 0.717) is 43.9 Å². The lowest BCUT2D eigenvalue weighted by Crippen LogP contribution is -2.10. The lowest BCUT2D eigenvalue weighted by molar-refractivity contribution is 0.0641. The van der Waals surface area contributed by atoms with Crippen molar-refractivity contribution in [1.29, 1.82) is 0 Å². The minimum Gasteiger partial charge on any atom is -0.477 e. The molecule has 19 heavy (non-hydrogen) atoms. The van der Waals surface area contributed by atoms with E-state index in [4.69, 9.17) is 19.9 Å². The topological polar surface area (TPSA) is 79.5 Å². The third kappa shape index (κ3) is 5.40. The molecule has 0 atom stereocenters. The van der Waals surface area contributed by atoms with Gasteiger partial charge in [0.05, 0.1) is 25.4 Å². The van der Waals surface area contributed by atoms with Crippen LogP contribution in [-0.4, -0.2) is 43.5 Å². The Bertz CT molecular complexity index is 386. The Kier molecular flexibility index (Phi) is 7.14. The van der Waals surface area contributed by atoms with Crippen LogP contribution in [0.15, 0.2) is 0 Å². The number of hydrogen-bond acceptors (Lipinski definition) is 6. The minimum absolute atomic E-state index is 0.484. The molecule has 0 radical (unpaired) electrons. The molecule has 0 aromatic carbocycles. The number of hydrogen-bond donors (Lipinski definition) is 1. The van der Waals surface area contributed by atoms with E-state index in [1.807, 2.05) is 13.8 Å². The van der Waals surface area contributed by atoms with E-state index in [0.717, 1.165) is 18.4 Å². The highest BCUT2D eigenvalue weighted by atomic mass is 16.5. The zero-order valence-corrected chi connectivity index (χ0v) is 11.9. The van der Waals surface area contributed by atoms with Gasteiger partial charge in [0.15, 0.2) is 0 Å². The van der Waals surface area contributed by atoms with Crippen molar-refractivity contribution in [2.24, 2.45) is 0 Å². The second-order valence-electron chi connectivity index (χ2n) is 4.12. The first-order valence-electron chi connectivity index (χ1n) is 6.51. The average molecular weight is 269 g/mol. The molecule has 0 aliphatic carbocycles. The van der Waals surface area contributed by atoms with Gasteiger partial charge in [-0.25, -0.2) is 4.98 Å². The average Bonchev–Trinajstić information content (AvgIpc) is 2.42. The van der Waals surface area contributed by atoms with Gasteiger partial charge in [0, 0.05) is 26.6 Å².